The Hall–Kier alpha value is -3.91. The predicted octanol–water partition coefficient (Wildman–Crippen LogP) is 4.08. The molecule has 0 radical (unpaired) electrons. The molecule has 1 saturated heterocycles. The van der Waals surface area contributed by atoms with Crippen molar-refractivity contribution < 1.29 is 4.74 Å². The van der Waals surface area contributed by atoms with Crippen LogP contribution >= 0.6 is 0 Å². The normalized spacial score (nSPS) is 14.4. The number of rotatable bonds is 4. The number of hydrogen-bond donors (Lipinski definition) is 3. The van der Waals surface area contributed by atoms with Crippen LogP contribution in [-0.2, 0) is 4.74 Å². The van der Waals surface area contributed by atoms with E-state index in [0.29, 0.717) is 5.65 Å². The average Bonchev–Trinajstić information content (AvgIpc) is 3.49. The van der Waals surface area contributed by atoms with E-state index < -0.39 is 0 Å². The van der Waals surface area contributed by atoms with Gasteiger partial charge in [0.15, 0.2) is 5.65 Å². The molecule has 0 bridgehead atoms. The van der Waals surface area contributed by atoms with Gasteiger partial charge in [0.25, 0.3) is 0 Å². The summed E-state index contributed by atoms with van der Waals surface area (Å²) in [6.45, 7) is 3.41. The lowest BCUT2D eigenvalue weighted by atomic mass is 10.1. The number of nitrogens with one attached hydrogen (secondary N) is 3. The number of hydrogen-bond acceptors (Lipinski definition) is 6. The van der Waals surface area contributed by atoms with Crippen molar-refractivity contribution in [3.05, 3.63) is 61.1 Å². The molecule has 154 valence electrons. The van der Waals surface area contributed by atoms with Crippen LogP contribution in [0.3, 0.4) is 0 Å². The maximum absolute atomic E-state index is 5.45. The number of fused-ring (bicyclic) bond motifs is 2. The first-order valence-corrected chi connectivity index (χ1v) is 10.3. The zero-order chi connectivity index (χ0) is 20.6. The molecule has 0 saturated carbocycles. The number of aromatic amines is 2. The number of aromatic nitrogens is 5. The minimum atomic E-state index is 0.676. The van der Waals surface area contributed by atoms with Gasteiger partial charge in [0.05, 0.1) is 42.6 Å². The number of anilines is 3. The second-order valence-corrected chi connectivity index (χ2v) is 7.60. The number of H-pyrrole nitrogens is 2. The molecule has 0 spiro atoms. The molecule has 5 aromatic rings. The second kappa shape index (κ2) is 7.41. The summed E-state index contributed by atoms with van der Waals surface area (Å²) in [6.07, 6.45) is 3.49. The van der Waals surface area contributed by atoms with Crippen molar-refractivity contribution in [3.63, 3.8) is 0 Å². The molecule has 4 heterocycles. The van der Waals surface area contributed by atoms with Crippen LogP contribution in [0.4, 0.5) is 17.1 Å². The number of morpholine rings is 1. The molecule has 3 aromatic heterocycles. The SMILES string of the molecule is c1nc2nc(-c3ccc4cn[nH]c4c3)cc(Nc3ccc(N4CCOCC4)cc3)c2[nH]1. The lowest BCUT2D eigenvalue weighted by molar-refractivity contribution is 0.122. The van der Waals surface area contributed by atoms with Crippen molar-refractivity contribution in [2.75, 3.05) is 36.5 Å². The first-order chi connectivity index (χ1) is 15.3. The monoisotopic (exact) mass is 411 g/mol. The minimum absolute atomic E-state index is 0.676. The summed E-state index contributed by atoms with van der Waals surface area (Å²) in [5.74, 6) is 0. The first kappa shape index (κ1) is 17.9. The van der Waals surface area contributed by atoms with Crippen LogP contribution in [0.25, 0.3) is 33.3 Å². The van der Waals surface area contributed by atoms with Gasteiger partial charge in [0, 0.05) is 35.4 Å². The molecule has 3 N–H and O–H groups in total. The van der Waals surface area contributed by atoms with E-state index in [1.54, 1.807) is 6.33 Å². The third kappa shape index (κ3) is 3.36. The maximum atomic E-state index is 5.45. The van der Waals surface area contributed by atoms with E-state index in [-0.39, 0.29) is 0 Å². The van der Waals surface area contributed by atoms with E-state index in [1.165, 1.54) is 5.69 Å². The summed E-state index contributed by atoms with van der Waals surface area (Å²) >= 11 is 0. The van der Waals surface area contributed by atoms with Gasteiger partial charge in [-0.1, -0.05) is 12.1 Å². The summed E-state index contributed by atoms with van der Waals surface area (Å²) in [6, 6.07) is 16.7. The Labute approximate surface area is 178 Å². The molecule has 31 heavy (non-hydrogen) atoms. The number of imidazole rings is 1. The standard InChI is InChI=1S/C23H21N7O/c1-2-16-13-26-29-20(16)11-15(1)19-12-21(22-23(28-19)25-14-24-22)27-17-3-5-18(6-4-17)30-7-9-31-10-8-30/h1-6,11-14H,7-10H2,(H,26,29)(H2,24,25,27,28). The van der Waals surface area contributed by atoms with E-state index in [0.717, 1.165) is 65.4 Å². The van der Waals surface area contributed by atoms with Gasteiger partial charge in [-0.05, 0) is 36.4 Å². The van der Waals surface area contributed by atoms with Crippen molar-refractivity contribution in [1.29, 1.82) is 0 Å². The van der Waals surface area contributed by atoms with E-state index in [4.69, 9.17) is 9.72 Å². The Balaban J connectivity index is 1.33. The number of ether oxygens (including phenoxy) is 1. The summed E-state index contributed by atoms with van der Waals surface area (Å²) in [7, 11) is 0. The molecule has 1 aliphatic rings. The lowest BCUT2D eigenvalue weighted by Gasteiger charge is -2.29. The van der Waals surface area contributed by atoms with Gasteiger partial charge in [-0.3, -0.25) is 5.10 Å². The summed E-state index contributed by atoms with van der Waals surface area (Å²) in [5, 5.41) is 11.7. The van der Waals surface area contributed by atoms with Crippen molar-refractivity contribution in [1.82, 2.24) is 25.1 Å². The van der Waals surface area contributed by atoms with Crippen LogP contribution in [0.2, 0.25) is 0 Å². The molecule has 6 rings (SSSR count). The van der Waals surface area contributed by atoms with Gasteiger partial charge < -0.3 is 19.9 Å². The molecule has 1 fully saturated rings. The van der Waals surface area contributed by atoms with Crippen LogP contribution in [0, 0.1) is 0 Å². The van der Waals surface area contributed by atoms with Crippen LogP contribution in [-0.4, -0.2) is 51.5 Å². The molecule has 1 aliphatic heterocycles. The third-order valence-corrected chi connectivity index (χ3v) is 5.66. The smallest absolute Gasteiger partial charge is 0.180 e. The molecule has 0 aliphatic carbocycles. The highest BCUT2D eigenvalue weighted by atomic mass is 16.5. The topological polar surface area (TPSA) is 94.8 Å². The fraction of sp³-hybridized carbons (Fsp3) is 0.174. The number of nitrogens with zero attached hydrogens (tertiary/aromatic N) is 4. The van der Waals surface area contributed by atoms with E-state index in [9.17, 15) is 0 Å². The largest absolute Gasteiger partial charge is 0.378 e. The van der Waals surface area contributed by atoms with E-state index in [2.05, 4.69) is 66.8 Å². The Kier molecular flexibility index (Phi) is 4.28. The highest BCUT2D eigenvalue weighted by molar-refractivity contribution is 5.92. The molecular weight excluding hydrogens is 390 g/mol. The van der Waals surface area contributed by atoms with E-state index >= 15 is 0 Å². The minimum Gasteiger partial charge on any atom is -0.378 e. The number of pyridine rings is 1. The Bertz CT molecular complexity index is 1350. The third-order valence-electron chi connectivity index (χ3n) is 5.66. The molecule has 8 heteroatoms. The van der Waals surface area contributed by atoms with Crippen molar-refractivity contribution in [2.45, 2.75) is 0 Å². The van der Waals surface area contributed by atoms with Gasteiger partial charge in [0.1, 0.15) is 5.52 Å². The average molecular weight is 411 g/mol. The van der Waals surface area contributed by atoms with Crippen molar-refractivity contribution in [3.8, 4) is 11.3 Å². The van der Waals surface area contributed by atoms with Crippen LogP contribution < -0.4 is 10.2 Å². The van der Waals surface area contributed by atoms with Gasteiger partial charge >= 0.3 is 0 Å². The molecule has 0 unspecified atom stereocenters. The predicted molar refractivity (Wildman–Crippen MR) is 122 cm³/mol. The fourth-order valence-corrected chi connectivity index (χ4v) is 4.00. The summed E-state index contributed by atoms with van der Waals surface area (Å²) in [4.78, 5) is 14.7. The zero-order valence-electron chi connectivity index (χ0n) is 16.8. The van der Waals surface area contributed by atoms with Crippen LogP contribution in [0.1, 0.15) is 0 Å². The molecular formula is C23H21N7O. The fourth-order valence-electron chi connectivity index (χ4n) is 4.00. The van der Waals surface area contributed by atoms with Gasteiger partial charge in [-0.15, -0.1) is 0 Å². The molecule has 0 atom stereocenters. The first-order valence-electron chi connectivity index (χ1n) is 10.3. The Morgan fingerprint density at radius 2 is 1.87 bits per heavy atom. The highest BCUT2D eigenvalue weighted by Gasteiger charge is 2.13. The molecule has 0 amide bonds. The van der Waals surface area contributed by atoms with Crippen molar-refractivity contribution in [2.24, 2.45) is 0 Å². The zero-order valence-corrected chi connectivity index (χ0v) is 16.8. The van der Waals surface area contributed by atoms with Crippen molar-refractivity contribution >= 4 is 39.1 Å². The van der Waals surface area contributed by atoms with Gasteiger partial charge in [-0.2, -0.15) is 5.10 Å². The Morgan fingerprint density at radius 3 is 2.74 bits per heavy atom. The quantitative estimate of drug-likeness (QED) is 0.412. The Morgan fingerprint density at radius 1 is 1.00 bits per heavy atom. The molecule has 8 nitrogen and oxygen atoms in total. The van der Waals surface area contributed by atoms with Gasteiger partial charge in [0.2, 0.25) is 0 Å². The summed E-state index contributed by atoms with van der Waals surface area (Å²) in [5.41, 5.74) is 7.54. The second-order valence-electron chi connectivity index (χ2n) is 7.60. The molecule has 2 aromatic carbocycles. The maximum Gasteiger partial charge on any atom is 0.180 e. The highest BCUT2D eigenvalue weighted by Crippen LogP contribution is 2.30. The summed E-state index contributed by atoms with van der Waals surface area (Å²) < 4.78 is 5.45. The number of benzene rings is 2. The van der Waals surface area contributed by atoms with Crippen LogP contribution in [0.15, 0.2) is 61.1 Å². The van der Waals surface area contributed by atoms with Gasteiger partial charge in [-0.25, -0.2) is 9.97 Å². The lowest BCUT2D eigenvalue weighted by Crippen LogP contribution is -2.36. The van der Waals surface area contributed by atoms with E-state index in [1.807, 2.05) is 18.3 Å². The van der Waals surface area contributed by atoms with Crippen LogP contribution in [0.5, 0.6) is 0 Å².